The van der Waals surface area contributed by atoms with Gasteiger partial charge in [0.1, 0.15) is 11.6 Å². The number of ether oxygens (including phenoxy) is 2. The van der Waals surface area contributed by atoms with Crippen molar-refractivity contribution in [3.05, 3.63) is 28.6 Å². The molecule has 0 amide bonds. The van der Waals surface area contributed by atoms with Crippen LogP contribution in [-0.2, 0) is 0 Å². The van der Waals surface area contributed by atoms with E-state index in [4.69, 9.17) is 9.47 Å². The van der Waals surface area contributed by atoms with E-state index >= 15 is 0 Å². The predicted octanol–water partition coefficient (Wildman–Crippen LogP) is 1.47. The lowest BCUT2D eigenvalue weighted by atomic mass is 10.3. The number of aromatic nitrogens is 2. The summed E-state index contributed by atoms with van der Waals surface area (Å²) in [6.07, 6.45) is 3.88. The van der Waals surface area contributed by atoms with Gasteiger partial charge in [0.25, 0.3) is 5.88 Å². The zero-order valence-electron chi connectivity index (χ0n) is 9.40. The van der Waals surface area contributed by atoms with Crippen molar-refractivity contribution in [1.82, 2.24) is 9.97 Å². The summed E-state index contributed by atoms with van der Waals surface area (Å²) in [5.74, 6) is 0.949. The lowest BCUT2D eigenvalue weighted by molar-refractivity contribution is 0.271. The topological polar surface area (TPSA) is 64.2 Å². The molecule has 5 nitrogen and oxygen atoms in total. The van der Waals surface area contributed by atoms with Crippen LogP contribution in [0.3, 0.4) is 0 Å². The van der Waals surface area contributed by atoms with Gasteiger partial charge in [-0.15, -0.1) is 0 Å². The van der Waals surface area contributed by atoms with Crippen LogP contribution in [-0.4, -0.2) is 23.2 Å². The highest BCUT2D eigenvalue weighted by molar-refractivity contribution is 5.76. The molecule has 5 heteroatoms. The fourth-order valence-electron chi connectivity index (χ4n) is 1.64. The van der Waals surface area contributed by atoms with Crippen molar-refractivity contribution in [2.75, 3.05) is 7.11 Å². The fraction of sp³-hybridized carbons (Fsp3) is 0.333. The van der Waals surface area contributed by atoms with E-state index in [-0.39, 0.29) is 11.5 Å². The average Bonchev–Trinajstić information content (AvgIpc) is 3.13. The van der Waals surface area contributed by atoms with Crippen LogP contribution in [0.2, 0.25) is 0 Å². The summed E-state index contributed by atoms with van der Waals surface area (Å²) in [6.45, 7) is 0. The van der Waals surface area contributed by atoms with Crippen LogP contribution >= 0.6 is 0 Å². The van der Waals surface area contributed by atoms with Gasteiger partial charge in [-0.3, -0.25) is 4.79 Å². The molecule has 2 aromatic rings. The molecule has 88 valence electrons. The number of methoxy groups -OCH3 is 1. The van der Waals surface area contributed by atoms with E-state index in [9.17, 15) is 4.79 Å². The normalized spacial score (nSPS) is 14.9. The Bertz CT molecular complexity index is 617. The summed E-state index contributed by atoms with van der Waals surface area (Å²) in [4.78, 5) is 18.9. The Morgan fingerprint density at radius 3 is 3.00 bits per heavy atom. The number of hydrogen-bond donors (Lipinski definition) is 1. The number of fused-ring (bicyclic) bond motifs is 1. The molecule has 0 aromatic carbocycles. The first-order valence-corrected chi connectivity index (χ1v) is 5.51. The summed E-state index contributed by atoms with van der Waals surface area (Å²) in [5, 5.41) is 0. The van der Waals surface area contributed by atoms with E-state index in [0.29, 0.717) is 22.7 Å². The van der Waals surface area contributed by atoms with E-state index in [2.05, 4.69) is 9.97 Å². The van der Waals surface area contributed by atoms with Gasteiger partial charge >= 0.3 is 0 Å². The molecule has 2 aromatic heterocycles. The minimum Gasteiger partial charge on any atom is -0.491 e. The van der Waals surface area contributed by atoms with E-state index < -0.39 is 0 Å². The Morgan fingerprint density at radius 2 is 2.29 bits per heavy atom. The van der Waals surface area contributed by atoms with Gasteiger partial charge in [-0.25, -0.2) is 4.98 Å². The van der Waals surface area contributed by atoms with Gasteiger partial charge in [-0.1, -0.05) is 0 Å². The maximum absolute atomic E-state index is 11.7. The van der Waals surface area contributed by atoms with Crippen molar-refractivity contribution in [3.8, 4) is 11.6 Å². The van der Waals surface area contributed by atoms with Crippen LogP contribution in [0.1, 0.15) is 12.8 Å². The summed E-state index contributed by atoms with van der Waals surface area (Å²) >= 11 is 0. The second-order valence-corrected chi connectivity index (χ2v) is 4.05. The van der Waals surface area contributed by atoms with Gasteiger partial charge in [0, 0.05) is 18.3 Å². The number of hydrogen-bond acceptors (Lipinski definition) is 4. The van der Waals surface area contributed by atoms with Crippen molar-refractivity contribution in [1.29, 1.82) is 0 Å². The van der Waals surface area contributed by atoms with Crippen LogP contribution in [0.5, 0.6) is 11.6 Å². The van der Waals surface area contributed by atoms with Gasteiger partial charge in [0.05, 0.1) is 12.6 Å². The standard InChI is InChI=1S/C12H12N2O3/c1-16-10-6-8-11(9(15)4-5-13-8)14-12(10)17-7-2-3-7/h4-7H,2-3H2,1H3,(H,13,15). The van der Waals surface area contributed by atoms with E-state index in [1.807, 2.05) is 0 Å². The van der Waals surface area contributed by atoms with Crippen molar-refractivity contribution in [2.45, 2.75) is 18.9 Å². The molecule has 3 rings (SSSR count). The Morgan fingerprint density at radius 1 is 1.47 bits per heavy atom. The quantitative estimate of drug-likeness (QED) is 0.870. The van der Waals surface area contributed by atoms with Gasteiger partial charge in [-0.05, 0) is 12.8 Å². The molecule has 17 heavy (non-hydrogen) atoms. The molecule has 0 atom stereocenters. The maximum atomic E-state index is 11.7. The van der Waals surface area contributed by atoms with Crippen molar-refractivity contribution < 1.29 is 9.47 Å². The summed E-state index contributed by atoms with van der Waals surface area (Å²) in [6, 6.07) is 3.18. The number of rotatable bonds is 3. The van der Waals surface area contributed by atoms with Crippen molar-refractivity contribution >= 4 is 11.0 Å². The molecule has 0 unspecified atom stereocenters. The molecular formula is C12H12N2O3. The number of aromatic amines is 1. The molecule has 0 saturated heterocycles. The highest BCUT2D eigenvalue weighted by atomic mass is 16.5. The van der Waals surface area contributed by atoms with E-state index in [0.717, 1.165) is 12.8 Å². The Hall–Kier alpha value is -2.04. The third-order valence-corrected chi connectivity index (χ3v) is 2.68. The van der Waals surface area contributed by atoms with Gasteiger partial charge < -0.3 is 14.5 Å². The predicted molar refractivity (Wildman–Crippen MR) is 62.6 cm³/mol. The zero-order valence-corrected chi connectivity index (χ0v) is 9.40. The van der Waals surface area contributed by atoms with Crippen LogP contribution < -0.4 is 14.9 Å². The highest BCUT2D eigenvalue weighted by Crippen LogP contribution is 2.32. The Labute approximate surface area is 97.4 Å². The SMILES string of the molecule is COc1cc2[nH]ccc(=O)c2nc1OC1CC1. The number of nitrogens with one attached hydrogen (secondary N) is 1. The average molecular weight is 232 g/mol. The molecular weight excluding hydrogens is 220 g/mol. The molecule has 1 aliphatic rings. The minimum atomic E-state index is -0.123. The third kappa shape index (κ3) is 1.84. The van der Waals surface area contributed by atoms with Crippen LogP contribution in [0.4, 0.5) is 0 Å². The molecule has 0 radical (unpaired) electrons. The van der Waals surface area contributed by atoms with E-state index in [1.54, 1.807) is 19.4 Å². The lowest BCUT2D eigenvalue weighted by Crippen LogP contribution is -2.07. The number of nitrogens with zero attached hydrogens (tertiary/aromatic N) is 1. The fourth-order valence-corrected chi connectivity index (χ4v) is 1.64. The Balaban J connectivity index is 2.17. The van der Waals surface area contributed by atoms with Crippen LogP contribution in [0, 0.1) is 0 Å². The molecule has 1 fully saturated rings. The largest absolute Gasteiger partial charge is 0.491 e. The Kier molecular flexibility index (Phi) is 2.24. The van der Waals surface area contributed by atoms with Gasteiger partial charge in [0.2, 0.25) is 5.43 Å². The smallest absolute Gasteiger partial charge is 0.258 e. The lowest BCUT2D eigenvalue weighted by Gasteiger charge is -2.09. The number of H-pyrrole nitrogens is 1. The summed E-state index contributed by atoms with van der Waals surface area (Å²) in [5.41, 5.74) is 0.906. The first-order valence-electron chi connectivity index (χ1n) is 5.51. The second kappa shape index (κ2) is 3.76. The van der Waals surface area contributed by atoms with Gasteiger partial charge in [0.15, 0.2) is 5.75 Å². The highest BCUT2D eigenvalue weighted by Gasteiger charge is 2.26. The summed E-state index contributed by atoms with van der Waals surface area (Å²) in [7, 11) is 1.56. The monoisotopic (exact) mass is 232 g/mol. The zero-order chi connectivity index (χ0) is 11.8. The third-order valence-electron chi connectivity index (χ3n) is 2.68. The van der Waals surface area contributed by atoms with E-state index in [1.165, 1.54) is 6.07 Å². The minimum absolute atomic E-state index is 0.123. The summed E-state index contributed by atoms with van der Waals surface area (Å²) < 4.78 is 10.8. The van der Waals surface area contributed by atoms with Crippen molar-refractivity contribution in [3.63, 3.8) is 0 Å². The molecule has 1 N–H and O–H groups in total. The molecule has 1 aliphatic carbocycles. The number of pyridine rings is 2. The van der Waals surface area contributed by atoms with Crippen molar-refractivity contribution in [2.24, 2.45) is 0 Å². The van der Waals surface area contributed by atoms with Gasteiger partial charge in [-0.2, -0.15) is 0 Å². The first kappa shape index (κ1) is 10.1. The maximum Gasteiger partial charge on any atom is 0.258 e. The molecule has 0 aliphatic heterocycles. The first-order chi connectivity index (χ1) is 8.28. The molecule has 0 spiro atoms. The molecule has 1 saturated carbocycles. The second-order valence-electron chi connectivity index (χ2n) is 4.05. The van der Waals surface area contributed by atoms with Crippen LogP contribution in [0.25, 0.3) is 11.0 Å². The molecule has 0 bridgehead atoms. The molecule has 2 heterocycles. The van der Waals surface area contributed by atoms with Crippen LogP contribution in [0.15, 0.2) is 23.1 Å².